The molecular formula is C21H23NO6. The fourth-order valence-electron chi connectivity index (χ4n) is 2.99. The van der Waals surface area contributed by atoms with Crippen LogP contribution in [0.4, 0.5) is 0 Å². The van der Waals surface area contributed by atoms with E-state index in [2.05, 4.69) is 0 Å². The van der Waals surface area contributed by atoms with Gasteiger partial charge in [0.2, 0.25) is 0 Å². The summed E-state index contributed by atoms with van der Waals surface area (Å²) in [6.45, 7) is 1.63. The van der Waals surface area contributed by atoms with Gasteiger partial charge < -0.3 is 24.2 Å². The van der Waals surface area contributed by atoms with E-state index in [1.807, 2.05) is 30.3 Å². The Morgan fingerprint density at radius 3 is 2.54 bits per heavy atom. The van der Waals surface area contributed by atoms with Crippen LogP contribution in [-0.2, 0) is 9.53 Å². The monoisotopic (exact) mass is 385 g/mol. The number of morpholine rings is 1. The predicted molar refractivity (Wildman–Crippen MR) is 102 cm³/mol. The van der Waals surface area contributed by atoms with Gasteiger partial charge in [0.05, 0.1) is 24.7 Å². The molecule has 148 valence electrons. The third-order valence-electron chi connectivity index (χ3n) is 4.30. The first-order chi connectivity index (χ1) is 13.6. The van der Waals surface area contributed by atoms with Gasteiger partial charge in [-0.05, 0) is 24.3 Å². The van der Waals surface area contributed by atoms with Crippen molar-refractivity contribution in [2.45, 2.75) is 12.5 Å². The number of carboxylic acids is 1. The highest BCUT2D eigenvalue weighted by Crippen LogP contribution is 2.22. The lowest BCUT2D eigenvalue weighted by Gasteiger charge is -2.32. The van der Waals surface area contributed by atoms with Crippen molar-refractivity contribution in [3.8, 4) is 11.5 Å². The first-order valence-electron chi connectivity index (χ1n) is 9.16. The number of para-hydroxylation sites is 2. The topological polar surface area (TPSA) is 85.3 Å². The van der Waals surface area contributed by atoms with Crippen LogP contribution in [0.5, 0.6) is 11.5 Å². The fraction of sp³-hybridized carbons (Fsp3) is 0.333. The van der Waals surface area contributed by atoms with Gasteiger partial charge in [0.15, 0.2) is 0 Å². The summed E-state index contributed by atoms with van der Waals surface area (Å²) in [6.07, 6.45) is -0.624. The van der Waals surface area contributed by atoms with Crippen LogP contribution in [0.3, 0.4) is 0 Å². The molecule has 1 aliphatic heterocycles. The van der Waals surface area contributed by atoms with Crippen molar-refractivity contribution >= 4 is 11.9 Å². The number of carbonyl (C=O) groups is 2. The Morgan fingerprint density at radius 1 is 1.04 bits per heavy atom. The van der Waals surface area contributed by atoms with E-state index in [0.29, 0.717) is 37.7 Å². The Kier molecular flexibility index (Phi) is 6.86. The van der Waals surface area contributed by atoms with Gasteiger partial charge in [-0.15, -0.1) is 0 Å². The molecule has 1 saturated heterocycles. The van der Waals surface area contributed by atoms with Crippen molar-refractivity contribution in [2.75, 3.05) is 32.9 Å². The summed E-state index contributed by atoms with van der Waals surface area (Å²) in [6, 6.07) is 16.5. The summed E-state index contributed by atoms with van der Waals surface area (Å²) in [5.41, 5.74) is 0.443. The maximum atomic E-state index is 12.9. The minimum Gasteiger partial charge on any atom is -0.490 e. The van der Waals surface area contributed by atoms with E-state index in [-0.39, 0.29) is 18.9 Å². The van der Waals surface area contributed by atoms with Gasteiger partial charge in [0.25, 0.3) is 5.91 Å². The lowest BCUT2D eigenvalue weighted by molar-refractivity contribution is -0.141. The van der Waals surface area contributed by atoms with E-state index >= 15 is 0 Å². The molecule has 7 heteroatoms. The molecule has 2 aromatic carbocycles. The summed E-state index contributed by atoms with van der Waals surface area (Å²) in [7, 11) is 0. The lowest BCUT2D eigenvalue weighted by Crippen LogP contribution is -2.46. The number of ether oxygens (including phenoxy) is 3. The molecule has 1 aliphatic rings. The van der Waals surface area contributed by atoms with Crippen molar-refractivity contribution in [2.24, 2.45) is 0 Å². The molecule has 3 rings (SSSR count). The summed E-state index contributed by atoms with van der Waals surface area (Å²) in [4.78, 5) is 25.4. The van der Waals surface area contributed by atoms with Crippen molar-refractivity contribution < 1.29 is 28.9 Å². The van der Waals surface area contributed by atoms with E-state index in [0.717, 1.165) is 5.75 Å². The van der Waals surface area contributed by atoms with Gasteiger partial charge >= 0.3 is 5.97 Å². The molecule has 1 N–H and O–H groups in total. The molecule has 1 atom stereocenters. The maximum Gasteiger partial charge on any atom is 0.306 e. The molecule has 0 radical (unpaired) electrons. The number of carboxylic acid groups (broad SMARTS) is 1. The molecule has 0 bridgehead atoms. The zero-order valence-corrected chi connectivity index (χ0v) is 15.5. The number of aliphatic carboxylic acids is 1. The molecule has 0 spiro atoms. The van der Waals surface area contributed by atoms with Crippen LogP contribution in [0.2, 0.25) is 0 Å². The van der Waals surface area contributed by atoms with Crippen LogP contribution in [0.1, 0.15) is 16.8 Å². The first-order valence-corrected chi connectivity index (χ1v) is 9.16. The standard InChI is InChI=1S/C21H23NO6/c23-20(24)14-17-15-22(10-11-26-17)21(25)18-8-4-5-9-19(18)28-13-12-27-16-6-2-1-3-7-16/h1-9,17H,10-15H2,(H,23,24)/t17-/m0/s1. The Balaban J connectivity index is 1.58. The van der Waals surface area contributed by atoms with Gasteiger partial charge in [-0.25, -0.2) is 0 Å². The molecule has 1 heterocycles. The molecule has 0 unspecified atom stereocenters. The van der Waals surface area contributed by atoms with E-state index in [4.69, 9.17) is 19.3 Å². The van der Waals surface area contributed by atoms with E-state index in [1.165, 1.54) is 0 Å². The number of carbonyl (C=O) groups excluding carboxylic acids is 1. The highest BCUT2D eigenvalue weighted by Gasteiger charge is 2.28. The average molecular weight is 385 g/mol. The van der Waals surface area contributed by atoms with Gasteiger partial charge in [0, 0.05) is 13.1 Å². The second kappa shape index (κ2) is 9.75. The maximum absolute atomic E-state index is 12.9. The molecule has 0 aromatic heterocycles. The third-order valence-corrected chi connectivity index (χ3v) is 4.30. The molecule has 7 nitrogen and oxygen atoms in total. The number of rotatable bonds is 8. The van der Waals surface area contributed by atoms with Gasteiger partial charge in [-0.3, -0.25) is 9.59 Å². The van der Waals surface area contributed by atoms with Gasteiger partial charge in [-0.2, -0.15) is 0 Å². The fourth-order valence-corrected chi connectivity index (χ4v) is 2.99. The average Bonchev–Trinajstić information content (AvgIpc) is 2.71. The summed E-state index contributed by atoms with van der Waals surface area (Å²) >= 11 is 0. The molecular weight excluding hydrogens is 362 g/mol. The summed E-state index contributed by atoms with van der Waals surface area (Å²) in [5, 5.41) is 8.94. The van der Waals surface area contributed by atoms with Crippen molar-refractivity contribution in [3.05, 3.63) is 60.2 Å². The van der Waals surface area contributed by atoms with Crippen LogP contribution in [0.15, 0.2) is 54.6 Å². The van der Waals surface area contributed by atoms with E-state index < -0.39 is 12.1 Å². The molecule has 1 amide bonds. The minimum absolute atomic E-state index is 0.126. The SMILES string of the molecule is O=C(O)C[C@H]1CN(C(=O)c2ccccc2OCCOc2ccccc2)CCO1. The number of nitrogens with zero attached hydrogens (tertiary/aromatic N) is 1. The number of amides is 1. The Hall–Kier alpha value is -3.06. The normalized spacial score (nSPS) is 16.4. The van der Waals surface area contributed by atoms with Crippen LogP contribution in [0, 0.1) is 0 Å². The number of benzene rings is 2. The Labute approximate surface area is 163 Å². The number of hydrogen-bond acceptors (Lipinski definition) is 5. The minimum atomic E-state index is -0.943. The Bertz CT molecular complexity index is 794. The smallest absolute Gasteiger partial charge is 0.306 e. The molecule has 0 saturated carbocycles. The van der Waals surface area contributed by atoms with Crippen LogP contribution in [0.25, 0.3) is 0 Å². The second-order valence-electron chi connectivity index (χ2n) is 6.35. The zero-order chi connectivity index (χ0) is 19.8. The highest BCUT2D eigenvalue weighted by atomic mass is 16.5. The van der Waals surface area contributed by atoms with Crippen LogP contribution >= 0.6 is 0 Å². The zero-order valence-electron chi connectivity index (χ0n) is 15.5. The molecule has 28 heavy (non-hydrogen) atoms. The van der Waals surface area contributed by atoms with Gasteiger partial charge in [0.1, 0.15) is 24.7 Å². The summed E-state index contributed by atoms with van der Waals surface area (Å²) < 4.78 is 16.8. The van der Waals surface area contributed by atoms with Crippen molar-refractivity contribution in [3.63, 3.8) is 0 Å². The van der Waals surface area contributed by atoms with E-state index in [9.17, 15) is 9.59 Å². The lowest BCUT2D eigenvalue weighted by atomic mass is 10.1. The van der Waals surface area contributed by atoms with Crippen LogP contribution in [-0.4, -0.2) is 60.9 Å². The molecule has 1 fully saturated rings. The predicted octanol–water partition coefficient (Wildman–Crippen LogP) is 2.46. The largest absolute Gasteiger partial charge is 0.490 e. The van der Waals surface area contributed by atoms with Crippen LogP contribution < -0.4 is 9.47 Å². The van der Waals surface area contributed by atoms with Crippen molar-refractivity contribution in [1.82, 2.24) is 4.90 Å². The second-order valence-corrected chi connectivity index (χ2v) is 6.35. The molecule has 2 aromatic rings. The number of hydrogen-bond donors (Lipinski definition) is 1. The van der Waals surface area contributed by atoms with Gasteiger partial charge in [-0.1, -0.05) is 30.3 Å². The Morgan fingerprint density at radius 2 is 1.75 bits per heavy atom. The summed E-state index contributed by atoms with van der Waals surface area (Å²) in [5.74, 6) is 0.0957. The first kappa shape index (κ1) is 19.7. The quantitative estimate of drug-likeness (QED) is 0.703. The highest BCUT2D eigenvalue weighted by molar-refractivity contribution is 5.97. The third kappa shape index (κ3) is 5.47. The van der Waals surface area contributed by atoms with E-state index in [1.54, 1.807) is 29.2 Å². The van der Waals surface area contributed by atoms with Crippen molar-refractivity contribution in [1.29, 1.82) is 0 Å². The molecule has 0 aliphatic carbocycles.